The van der Waals surface area contributed by atoms with Gasteiger partial charge in [-0.3, -0.25) is 0 Å². The van der Waals surface area contributed by atoms with Crippen LogP contribution in [0.15, 0.2) is 59.5 Å². The van der Waals surface area contributed by atoms with Crippen LogP contribution < -0.4 is 10.5 Å². The molecule has 0 aliphatic rings. The summed E-state index contributed by atoms with van der Waals surface area (Å²) in [4.78, 5) is 2.40. The van der Waals surface area contributed by atoms with E-state index in [4.69, 9.17) is 10.5 Å². The van der Waals surface area contributed by atoms with E-state index in [1.807, 2.05) is 18.2 Å². The molecule has 0 unspecified atom stereocenters. The van der Waals surface area contributed by atoms with Crippen molar-refractivity contribution in [2.45, 2.75) is 11.3 Å². The number of sulfone groups is 1. The second-order valence-corrected chi connectivity index (χ2v) is 7.97. The van der Waals surface area contributed by atoms with Crippen LogP contribution in [0.1, 0.15) is 5.56 Å². The minimum absolute atomic E-state index is 0. The standard InChI is InChI=1S/C19H26N2O3S.ClH/c1-24-18-8-5-9-19(16-18)25(22,23)15-14-21(13-11-20)12-10-17-6-3-2-4-7-17;/h2-9,16H,10-15,20H2,1H3;1H. The summed E-state index contributed by atoms with van der Waals surface area (Å²) in [5.41, 5.74) is 6.92. The summed E-state index contributed by atoms with van der Waals surface area (Å²) in [7, 11) is -1.83. The molecular weight excluding hydrogens is 372 g/mol. The second-order valence-electron chi connectivity index (χ2n) is 5.86. The molecule has 2 rings (SSSR count). The number of hydrogen-bond acceptors (Lipinski definition) is 5. The van der Waals surface area contributed by atoms with Crippen LogP contribution in [0.2, 0.25) is 0 Å². The van der Waals surface area contributed by atoms with Gasteiger partial charge in [-0.25, -0.2) is 8.42 Å². The van der Waals surface area contributed by atoms with E-state index in [9.17, 15) is 8.42 Å². The number of hydrogen-bond donors (Lipinski definition) is 1. The third-order valence-electron chi connectivity index (χ3n) is 4.08. The third kappa shape index (κ3) is 6.96. The molecule has 5 nitrogen and oxygen atoms in total. The van der Waals surface area contributed by atoms with E-state index in [1.54, 1.807) is 24.3 Å². The molecule has 0 atom stereocenters. The molecular formula is C19H27ClN2O3S. The van der Waals surface area contributed by atoms with Crippen molar-refractivity contribution < 1.29 is 13.2 Å². The number of benzene rings is 2. The first-order valence-electron chi connectivity index (χ1n) is 8.38. The normalized spacial score (nSPS) is 11.2. The zero-order valence-corrected chi connectivity index (χ0v) is 16.6. The van der Waals surface area contributed by atoms with Crippen LogP contribution in [0.4, 0.5) is 0 Å². The summed E-state index contributed by atoms with van der Waals surface area (Å²) in [5.74, 6) is 0.610. The van der Waals surface area contributed by atoms with E-state index in [1.165, 1.54) is 12.7 Å². The fourth-order valence-corrected chi connectivity index (χ4v) is 3.93. The number of nitrogens with two attached hydrogens (primary N) is 1. The van der Waals surface area contributed by atoms with Crippen molar-refractivity contribution in [1.82, 2.24) is 4.90 Å². The van der Waals surface area contributed by atoms with Gasteiger partial charge < -0.3 is 15.4 Å². The highest BCUT2D eigenvalue weighted by Crippen LogP contribution is 2.18. The Morgan fingerprint density at radius 3 is 2.38 bits per heavy atom. The van der Waals surface area contributed by atoms with Crippen molar-refractivity contribution in [1.29, 1.82) is 0 Å². The largest absolute Gasteiger partial charge is 0.497 e. The molecule has 0 amide bonds. The smallest absolute Gasteiger partial charge is 0.179 e. The number of ether oxygens (including phenoxy) is 1. The number of nitrogens with zero attached hydrogens (tertiary/aromatic N) is 1. The summed E-state index contributed by atoms with van der Waals surface area (Å²) in [6, 6.07) is 16.8. The molecule has 0 saturated heterocycles. The average Bonchev–Trinajstić information content (AvgIpc) is 2.65. The lowest BCUT2D eigenvalue weighted by Gasteiger charge is -2.21. The number of methoxy groups -OCH3 is 1. The summed E-state index contributed by atoms with van der Waals surface area (Å²) in [6.07, 6.45) is 0.875. The Morgan fingerprint density at radius 1 is 1.00 bits per heavy atom. The monoisotopic (exact) mass is 398 g/mol. The van der Waals surface area contributed by atoms with Crippen molar-refractivity contribution in [3.63, 3.8) is 0 Å². The van der Waals surface area contributed by atoms with E-state index in [2.05, 4.69) is 17.0 Å². The molecule has 0 spiro atoms. The number of rotatable bonds is 10. The van der Waals surface area contributed by atoms with Gasteiger partial charge in [0.2, 0.25) is 0 Å². The highest BCUT2D eigenvalue weighted by Gasteiger charge is 2.17. The van der Waals surface area contributed by atoms with Crippen molar-refractivity contribution >= 4 is 22.2 Å². The van der Waals surface area contributed by atoms with Gasteiger partial charge in [-0.1, -0.05) is 36.4 Å². The molecule has 2 N–H and O–H groups in total. The van der Waals surface area contributed by atoms with Crippen molar-refractivity contribution in [3.8, 4) is 5.75 Å². The molecule has 2 aromatic carbocycles. The van der Waals surface area contributed by atoms with E-state index in [-0.39, 0.29) is 18.2 Å². The predicted molar refractivity (Wildman–Crippen MR) is 108 cm³/mol. The molecule has 0 bridgehead atoms. The zero-order valence-electron chi connectivity index (χ0n) is 15.0. The lowest BCUT2D eigenvalue weighted by Crippen LogP contribution is -2.35. The lowest BCUT2D eigenvalue weighted by molar-refractivity contribution is 0.300. The highest BCUT2D eigenvalue weighted by molar-refractivity contribution is 7.91. The van der Waals surface area contributed by atoms with E-state index >= 15 is 0 Å². The van der Waals surface area contributed by atoms with Crippen LogP contribution in [0.5, 0.6) is 5.75 Å². The summed E-state index contributed by atoms with van der Waals surface area (Å²) in [5, 5.41) is 0. The third-order valence-corrected chi connectivity index (χ3v) is 5.77. The first-order valence-corrected chi connectivity index (χ1v) is 10.0. The van der Waals surface area contributed by atoms with Crippen LogP contribution in [0, 0.1) is 0 Å². The fourth-order valence-electron chi connectivity index (χ4n) is 2.61. The molecule has 144 valence electrons. The van der Waals surface area contributed by atoms with Gasteiger partial charge in [-0.15, -0.1) is 12.4 Å². The average molecular weight is 399 g/mol. The maximum atomic E-state index is 12.6. The molecule has 0 saturated carbocycles. The van der Waals surface area contributed by atoms with Crippen LogP contribution in [-0.2, 0) is 16.3 Å². The maximum absolute atomic E-state index is 12.6. The molecule has 26 heavy (non-hydrogen) atoms. The maximum Gasteiger partial charge on any atom is 0.179 e. The lowest BCUT2D eigenvalue weighted by atomic mass is 10.1. The molecule has 0 radical (unpaired) electrons. The van der Waals surface area contributed by atoms with Gasteiger partial charge in [-0.05, 0) is 30.2 Å². The summed E-state index contributed by atoms with van der Waals surface area (Å²) >= 11 is 0. The minimum Gasteiger partial charge on any atom is -0.497 e. The second kappa shape index (κ2) is 11.2. The molecule has 2 aromatic rings. The number of halogens is 1. The molecule has 0 aliphatic carbocycles. The summed E-state index contributed by atoms with van der Waals surface area (Å²) < 4.78 is 30.2. The Hall–Kier alpha value is -1.60. The van der Waals surface area contributed by atoms with Gasteiger partial charge >= 0.3 is 0 Å². The van der Waals surface area contributed by atoms with E-state index in [0.717, 1.165) is 13.0 Å². The van der Waals surface area contributed by atoms with Crippen LogP contribution in [-0.4, -0.2) is 52.4 Å². The SMILES string of the molecule is COc1cccc(S(=O)(=O)CCN(CCN)CCc2ccccc2)c1.Cl. The van der Waals surface area contributed by atoms with Gasteiger partial charge in [0.1, 0.15) is 5.75 Å². The van der Waals surface area contributed by atoms with Gasteiger partial charge in [-0.2, -0.15) is 0 Å². The van der Waals surface area contributed by atoms with Gasteiger partial charge in [0.05, 0.1) is 17.8 Å². The Balaban J connectivity index is 0.00000338. The first kappa shape index (κ1) is 22.4. The molecule has 0 aromatic heterocycles. The molecule has 0 fully saturated rings. The molecule has 7 heteroatoms. The predicted octanol–water partition coefficient (Wildman–Crippen LogP) is 2.39. The van der Waals surface area contributed by atoms with Crippen molar-refractivity contribution in [2.75, 3.05) is 39.0 Å². The highest BCUT2D eigenvalue weighted by atomic mass is 35.5. The topological polar surface area (TPSA) is 72.6 Å². The van der Waals surface area contributed by atoms with Crippen molar-refractivity contribution in [2.24, 2.45) is 5.73 Å². The fraction of sp³-hybridized carbons (Fsp3) is 0.368. The first-order chi connectivity index (χ1) is 12.0. The Labute approximate surface area is 162 Å². The van der Waals surface area contributed by atoms with Crippen LogP contribution in [0.3, 0.4) is 0 Å². The van der Waals surface area contributed by atoms with E-state index in [0.29, 0.717) is 30.3 Å². The van der Waals surface area contributed by atoms with E-state index < -0.39 is 9.84 Å². The Morgan fingerprint density at radius 2 is 1.73 bits per heavy atom. The zero-order chi connectivity index (χ0) is 18.1. The quantitative estimate of drug-likeness (QED) is 0.665. The Kier molecular flexibility index (Phi) is 9.65. The van der Waals surface area contributed by atoms with Crippen molar-refractivity contribution in [3.05, 3.63) is 60.2 Å². The molecule has 0 aliphatic heterocycles. The summed E-state index contributed by atoms with van der Waals surface area (Å²) in [6.45, 7) is 2.44. The van der Waals surface area contributed by atoms with Gasteiger partial charge in [0.15, 0.2) is 9.84 Å². The van der Waals surface area contributed by atoms with Crippen LogP contribution in [0.25, 0.3) is 0 Å². The van der Waals surface area contributed by atoms with Gasteiger partial charge in [0, 0.05) is 26.2 Å². The van der Waals surface area contributed by atoms with Crippen LogP contribution >= 0.6 is 12.4 Å². The van der Waals surface area contributed by atoms with Gasteiger partial charge in [0.25, 0.3) is 0 Å². The Bertz CT molecular complexity index is 754. The minimum atomic E-state index is -3.35. The molecule has 0 heterocycles.